The molecule has 0 aromatic carbocycles. The van der Waals surface area contributed by atoms with Crippen LogP contribution in [0.25, 0.3) is 0 Å². The molecule has 1 unspecified atom stereocenters. The van der Waals surface area contributed by atoms with Crippen LogP contribution in [0.4, 0.5) is 0 Å². The highest BCUT2D eigenvalue weighted by Crippen LogP contribution is 2.20. The molecule has 4 nitrogen and oxygen atoms in total. The van der Waals surface area contributed by atoms with E-state index in [1.807, 2.05) is 4.90 Å². The number of amides is 1. The highest BCUT2D eigenvalue weighted by molar-refractivity contribution is 5.78. The molecule has 0 spiro atoms. The van der Waals surface area contributed by atoms with Crippen LogP contribution >= 0.6 is 0 Å². The summed E-state index contributed by atoms with van der Waals surface area (Å²) in [5.74, 6) is 1.02. The van der Waals surface area contributed by atoms with E-state index in [4.69, 9.17) is 0 Å². The summed E-state index contributed by atoms with van der Waals surface area (Å²) in [6, 6.07) is 0.463. The van der Waals surface area contributed by atoms with E-state index in [-0.39, 0.29) is 5.91 Å². The van der Waals surface area contributed by atoms with Crippen molar-refractivity contribution in [3.8, 4) is 0 Å². The van der Waals surface area contributed by atoms with Crippen LogP contribution < -0.4 is 5.32 Å². The summed E-state index contributed by atoms with van der Waals surface area (Å²) in [6.45, 7) is 10.5. The molecule has 1 N–H and O–H groups in total. The van der Waals surface area contributed by atoms with Gasteiger partial charge in [-0.1, -0.05) is 6.92 Å². The molecule has 0 aromatic heterocycles. The first-order chi connectivity index (χ1) is 9.20. The number of carbonyl (C=O) groups is 1. The van der Waals surface area contributed by atoms with Crippen molar-refractivity contribution in [1.29, 1.82) is 0 Å². The lowest BCUT2D eigenvalue weighted by Crippen LogP contribution is -2.45. The Morgan fingerprint density at radius 3 is 2.42 bits per heavy atom. The smallest absolute Gasteiger partial charge is 0.236 e. The van der Waals surface area contributed by atoms with E-state index < -0.39 is 0 Å². The molecule has 19 heavy (non-hydrogen) atoms. The molecule has 1 atom stereocenters. The third-order valence-corrected chi connectivity index (χ3v) is 4.82. The van der Waals surface area contributed by atoms with Gasteiger partial charge in [0.05, 0.1) is 6.54 Å². The van der Waals surface area contributed by atoms with Crippen molar-refractivity contribution in [2.24, 2.45) is 5.92 Å². The predicted octanol–water partition coefficient (Wildman–Crippen LogP) is 1.32. The molecule has 110 valence electrons. The minimum atomic E-state index is 0.287. The van der Waals surface area contributed by atoms with Crippen molar-refractivity contribution >= 4 is 5.91 Å². The molecule has 0 bridgehead atoms. The Hall–Kier alpha value is -0.610. The first-order valence-corrected chi connectivity index (χ1v) is 7.94. The van der Waals surface area contributed by atoms with Gasteiger partial charge < -0.3 is 15.1 Å². The Morgan fingerprint density at radius 2 is 1.84 bits per heavy atom. The lowest BCUT2D eigenvalue weighted by Gasteiger charge is -2.34. The summed E-state index contributed by atoms with van der Waals surface area (Å²) in [5.41, 5.74) is 0. The van der Waals surface area contributed by atoms with Gasteiger partial charge in [0, 0.05) is 19.1 Å². The van der Waals surface area contributed by atoms with Crippen LogP contribution in [0, 0.1) is 5.92 Å². The second-order valence-corrected chi connectivity index (χ2v) is 6.03. The van der Waals surface area contributed by atoms with E-state index in [0.29, 0.717) is 12.6 Å². The number of piperidine rings is 1. The minimum Gasteiger partial charge on any atom is -0.342 e. The maximum atomic E-state index is 12.0. The SMILES string of the molecule is CCN1CCC(C(C)NCC(=O)N2CCCC2)CC1. The largest absolute Gasteiger partial charge is 0.342 e. The van der Waals surface area contributed by atoms with Crippen molar-refractivity contribution < 1.29 is 4.79 Å². The molecule has 0 aliphatic carbocycles. The van der Waals surface area contributed by atoms with Crippen LogP contribution in [0.1, 0.15) is 39.5 Å². The van der Waals surface area contributed by atoms with Gasteiger partial charge >= 0.3 is 0 Å². The minimum absolute atomic E-state index is 0.287. The maximum absolute atomic E-state index is 12.0. The summed E-state index contributed by atoms with van der Waals surface area (Å²) < 4.78 is 0. The molecule has 2 saturated heterocycles. The first kappa shape index (κ1) is 14.8. The molecule has 2 rings (SSSR count). The molecule has 2 aliphatic rings. The fourth-order valence-corrected chi connectivity index (χ4v) is 3.26. The number of nitrogens with zero attached hydrogens (tertiary/aromatic N) is 2. The van der Waals surface area contributed by atoms with Crippen molar-refractivity contribution in [3.05, 3.63) is 0 Å². The second-order valence-electron chi connectivity index (χ2n) is 6.03. The fraction of sp³-hybridized carbons (Fsp3) is 0.933. The highest BCUT2D eigenvalue weighted by Gasteiger charge is 2.24. The van der Waals surface area contributed by atoms with Gasteiger partial charge in [-0.05, 0) is 58.2 Å². The van der Waals surface area contributed by atoms with Crippen molar-refractivity contribution in [2.75, 3.05) is 39.3 Å². The topological polar surface area (TPSA) is 35.6 Å². The molecule has 0 saturated carbocycles. The Balaban J connectivity index is 1.66. The predicted molar refractivity (Wildman–Crippen MR) is 78.1 cm³/mol. The number of rotatable bonds is 5. The van der Waals surface area contributed by atoms with Gasteiger partial charge in [0.15, 0.2) is 0 Å². The summed E-state index contributed by atoms with van der Waals surface area (Å²) in [5, 5.41) is 3.45. The molecule has 4 heteroatoms. The quantitative estimate of drug-likeness (QED) is 0.816. The van der Waals surface area contributed by atoms with E-state index >= 15 is 0 Å². The number of carbonyl (C=O) groups excluding carboxylic acids is 1. The third-order valence-electron chi connectivity index (χ3n) is 4.82. The summed E-state index contributed by atoms with van der Waals surface area (Å²) in [6.07, 6.45) is 4.88. The normalized spacial score (nSPS) is 23.8. The van der Waals surface area contributed by atoms with Crippen LogP contribution in [-0.2, 0) is 4.79 Å². The van der Waals surface area contributed by atoms with Gasteiger partial charge in [-0.2, -0.15) is 0 Å². The Bertz CT molecular complexity index is 281. The van der Waals surface area contributed by atoms with E-state index in [1.165, 1.54) is 45.3 Å². The van der Waals surface area contributed by atoms with Gasteiger partial charge in [0.25, 0.3) is 0 Å². The number of hydrogen-bond donors (Lipinski definition) is 1. The standard InChI is InChI=1S/C15H29N3O/c1-3-17-10-6-14(7-11-17)13(2)16-12-15(19)18-8-4-5-9-18/h13-14,16H,3-12H2,1-2H3. The molecule has 2 aliphatic heterocycles. The molecule has 2 heterocycles. The first-order valence-electron chi connectivity index (χ1n) is 7.94. The van der Waals surface area contributed by atoms with Gasteiger partial charge in [-0.15, -0.1) is 0 Å². The lowest BCUT2D eigenvalue weighted by atomic mass is 9.90. The molecule has 2 fully saturated rings. The Morgan fingerprint density at radius 1 is 1.21 bits per heavy atom. The zero-order chi connectivity index (χ0) is 13.7. The zero-order valence-electron chi connectivity index (χ0n) is 12.5. The number of nitrogens with one attached hydrogen (secondary N) is 1. The van der Waals surface area contributed by atoms with E-state index in [9.17, 15) is 4.79 Å². The van der Waals surface area contributed by atoms with Gasteiger partial charge in [-0.25, -0.2) is 0 Å². The van der Waals surface area contributed by atoms with E-state index in [0.717, 1.165) is 19.0 Å². The van der Waals surface area contributed by atoms with Crippen molar-refractivity contribution in [3.63, 3.8) is 0 Å². The monoisotopic (exact) mass is 267 g/mol. The van der Waals surface area contributed by atoms with Crippen molar-refractivity contribution in [2.45, 2.75) is 45.6 Å². The molecule has 0 aromatic rings. The van der Waals surface area contributed by atoms with Crippen LogP contribution in [-0.4, -0.2) is 61.0 Å². The average molecular weight is 267 g/mol. The second kappa shape index (κ2) is 7.25. The van der Waals surface area contributed by atoms with Crippen molar-refractivity contribution in [1.82, 2.24) is 15.1 Å². The molecule has 1 amide bonds. The zero-order valence-corrected chi connectivity index (χ0v) is 12.5. The van der Waals surface area contributed by atoms with Gasteiger partial charge in [0.1, 0.15) is 0 Å². The highest BCUT2D eigenvalue weighted by atomic mass is 16.2. The average Bonchev–Trinajstić information content (AvgIpc) is 2.98. The van der Waals surface area contributed by atoms with Crippen LogP contribution in [0.3, 0.4) is 0 Å². The molecular weight excluding hydrogens is 238 g/mol. The van der Waals surface area contributed by atoms with Gasteiger partial charge in [0.2, 0.25) is 5.91 Å². The number of likely N-dealkylation sites (tertiary alicyclic amines) is 2. The van der Waals surface area contributed by atoms with E-state index in [2.05, 4.69) is 24.1 Å². The lowest BCUT2D eigenvalue weighted by molar-refractivity contribution is -0.129. The fourth-order valence-electron chi connectivity index (χ4n) is 3.26. The van der Waals surface area contributed by atoms with Crippen LogP contribution in [0.2, 0.25) is 0 Å². The summed E-state index contributed by atoms with van der Waals surface area (Å²) in [4.78, 5) is 16.5. The summed E-state index contributed by atoms with van der Waals surface area (Å²) in [7, 11) is 0. The Labute approximate surface area is 117 Å². The van der Waals surface area contributed by atoms with Crippen LogP contribution in [0.5, 0.6) is 0 Å². The summed E-state index contributed by atoms with van der Waals surface area (Å²) >= 11 is 0. The molecular formula is C15H29N3O. The van der Waals surface area contributed by atoms with E-state index in [1.54, 1.807) is 0 Å². The van der Waals surface area contributed by atoms with Gasteiger partial charge in [-0.3, -0.25) is 4.79 Å². The molecule has 0 radical (unpaired) electrons. The maximum Gasteiger partial charge on any atom is 0.236 e. The number of hydrogen-bond acceptors (Lipinski definition) is 3. The van der Waals surface area contributed by atoms with Crippen LogP contribution in [0.15, 0.2) is 0 Å². The third kappa shape index (κ3) is 4.18. The Kier molecular flexibility index (Phi) is 5.64.